The van der Waals surface area contributed by atoms with Gasteiger partial charge in [-0.15, -0.1) is 0 Å². The minimum absolute atomic E-state index is 0.218. The summed E-state index contributed by atoms with van der Waals surface area (Å²) < 4.78 is 5.02. The number of aliphatic hydroxyl groups is 1. The van der Waals surface area contributed by atoms with Crippen LogP contribution in [0.3, 0.4) is 0 Å². The summed E-state index contributed by atoms with van der Waals surface area (Å²) in [7, 11) is 0. The quantitative estimate of drug-likeness (QED) is 0.686. The maximum atomic E-state index is 10.6. The third-order valence-electron chi connectivity index (χ3n) is 2.44. The maximum Gasteiger partial charge on any atom is 0.332 e. The van der Waals surface area contributed by atoms with Crippen molar-refractivity contribution in [3.05, 3.63) is 0 Å². The van der Waals surface area contributed by atoms with E-state index >= 15 is 0 Å². The summed E-state index contributed by atoms with van der Waals surface area (Å²) in [4.78, 5) is 10.6. The van der Waals surface area contributed by atoms with E-state index < -0.39 is 17.7 Å². The van der Waals surface area contributed by atoms with Crippen LogP contribution in [0, 0.1) is 0 Å². The summed E-state index contributed by atoms with van der Waals surface area (Å²) >= 11 is 0. The Bertz CT molecular complexity index is 188. The average Bonchev–Trinajstić information content (AvgIpc) is 2.04. The van der Waals surface area contributed by atoms with Crippen LogP contribution in [0.4, 0.5) is 0 Å². The smallest absolute Gasteiger partial charge is 0.332 e. The highest BCUT2D eigenvalue weighted by molar-refractivity contribution is 5.72. The van der Waals surface area contributed by atoms with Gasteiger partial charge in [0.1, 0.15) is 0 Å². The number of rotatable bonds is 3. The van der Waals surface area contributed by atoms with Gasteiger partial charge in [-0.05, 0) is 12.8 Å². The van der Waals surface area contributed by atoms with Gasteiger partial charge in [-0.2, -0.15) is 0 Å². The maximum absolute atomic E-state index is 10.6. The Balaban J connectivity index is 2.54. The van der Waals surface area contributed by atoms with Crippen molar-refractivity contribution >= 4 is 5.97 Å². The molecule has 0 aromatic rings. The summed E-state index contributed by atoms with van der Waals surface area (Å²) in [5.74, 6) is -0.978. The molecular weight excluding hydrogens is 172 g/mol. The fraction of sp³-hybridized carbons (Fsp3) is 0.889. The first-order valence-corrected chi connectivity index (χ1v) is 4.64. The molecule has 76 valence electrons. The van der Waals surface area contributed by atoms with Crippen molar-refractivity contribution in [3.8, 4) is 0 Å². The first-order chi connectivity index (χ1) is 6.07. The third kappa shape index (κ3) is 2.67. The molecule has 4 heteroatoms. The molecule has 2 N–H and O–H groups in total. The van der Waals surface area contributed by atoms with Crippen LogP contribution < -0.4 is 0 Å². The van der Waals surface area contributed by atoms with Gasteiger partial charge in [-0.3, -0.25) is 0 Å². The monoisotopic (exact) mass is 188 g/mol. The van der Waals surface area contributed by atoms with Crippen molar-refractivity contribution in [1.29, 1.82) is 0 Å². The van der Waals surface area contributed by atoms with Gasteiger partial charge >= 0.3 is 5.97 Å². The molecule has 0 aliphatic carbocycles. The van der Waals surface area contributed by atoms with Crippen LogP contribution in [-0.4, -0.2) is 34.5 Å². The van der Waals surface area contributed by atoms with E-state index in [4.69, 9.17) is 9.84 Å². The summed E-state index contributed by atoms with van der Waals surface area (Å²) in [6, 6.07) is 0. The average molecular weight is 188 g/mol. The molecule has 0 unspecified atom stereocenters. The Morgan fingerprint density at radius 1 is 1.69 bits per heavy atom. The molecule has 0 aromatic carbocycles. The summed E-state index contributed by atoms with van der Waals surface area (Å²) in [6.45, 7) is 2.32. The molecule has 0 amide bonds. The fourth-order valence-electron chi connectivity index (χ4n) is 1.75. The van der Waals surface area contributed by atoms with Gasteiger partial charge < -0.3 is 14.9 Å². The predicted octanol–water partition coefficient (Wildman–Crippen LogP) is 0.781. The van der Waals surface area contributed by atoms with Crippen LogP contribution in [0.15, 0.2) is 0 Å². The van der Waals surface area contributed by atoms with E-state index in [1.807, 2.05) is 6.92 Å². The molecule has 0 aromatic heterocycles. The SMILES string of the molecule is CCC[C@]1(O)CCO[C@@H](C(=O)O)C1. The Hall–Kier alpha value is -0.610. The molecule has 1 aliphatic rings. The van der Waals surface area contributed by atoms with Gasteiger partial charge in [-0.25, -0.2) is 4.79 Å². The number of carboxylic acid groups (broad SMARTS) is 1. The molecule has 1 rings (SSSR count). The van der Waals surface area contributed by atoms with Crippen molar-refractivity contribution in [3.63, 3.8) is 0 Å². The van der Waals surface area contributed by atoms with E-state index in [-0.39, 0.29) is 6.42 Å². The number of hydrogen-bond donors (Lipinski definition) is 2. The molecular formula is C9H16O4. The highest BCUT2D eigenvalue weighted by Gasteiger charge is 2.37. The zero-order valence-electron chi connectivity index (χ0n) is 7.82. The summed E-state index contributed by atoms with van der Waals surface area (Å²) in [5.41, 5.74) is -0.823. The Labute approximate surface area is 77.5 Å². The topological polar surface area (TPSA) is 66.8 Å². The van der Waals surface area contributed by atoms with E-state index in [2.05, 4.69) is 0 Å². The van der Waals surface area contributed by atoms with E-state index in [9.17, 15) is 9.90 Å². The van der Waals surface area contributed by atoms with Crippen LogP contribution in [0.1, 0.15) is 32.6 Å². The molecule has 0 radical (unpaired) electrons. The van der Waals surface area contributed by atoms with Gasteiger partial charge in [0, 0.05) is 6.42 Å². The first kappa shape index (κ1) is 10.5. The number of carboxylic acids is 1. The molecule has 1 saturated heterocycles. The van der Waals surface area contributed by atoms with E-state index in [1.165, 1.54) is 0 Å². The summed E-state index contributed by atoms with van der Waals surface area (Å²) in [6.07, 6.45) is 1.45. The number of hydrogen-bond acceptors (Lipinski definition) is 3. The van der Waals surface area contributed by atoms with Crippen LogP contribution in [0.25, 0.3) is 0 Å². The van der Waals surface area contributed by atoms with E-state index in [0.717, 1.165) is 6.42 Å². The van der Waals surface area contributed by atoms with Crippen molar-refractivity contribution in [2.75, 3.05) is 6.61 Å². The van der Waals surface area contributed by atoms with Crippen molar-refractivity contribution in [1.82, 2.24) is 0 Å². The standard InChI is InChI=1S/C9H16O4/c1-2-3-9(12)4-5-13-7(6-9)8(10)11/h7,12H,2-6H2,1H3,(H,10,11)/t7-,9+/m1/s1. The molecule has 4 nitrogen and oxygen atoms in total. The fourth-order valence-corrected chi connectivity index (χ4v) is 1.75. The van der Waals surface area contributed by atoms with Gasteiger partial charge in [0.15, 0.2) is 6.10 Å². The van der Waals surface area contributed by atoms with Crippen molar-refractivity contribution < 1.29 is 19.7 Å². The Morgan fingerprint density at radius 2 is 2.38 bits per heavy atom. The summed E-state index contributed by atoms with van der Waals surface area (Å²) in [5, 5.41) is 18.6. The third-order valence-corrected chi connectivity index (χ3v) is 2.44. The number of aliphatic carboxylic acids is 1. The second kappa shape index (κ2) is 4.07. The minimum Gasteiger partial charge on any atom is -0.479 e. The molecule has 13 heavy (non-hydrogen) atoms. The second-order valence-corrected chi connectivity index (χ2v) is 3.63. The van der Waals surface area contributed by atoms with Crippen LogP contribution >= 0.6 is 0 Å². The molecule has 0 bridgehead atoms. The highest BCUT2D eigenvalue weighted by Crippen LogP contribution is 2.28. The minimum atomic E-state index is -0.978. The lowest BCUT2D eigenvalue weighted by atomic mass is 9.86. The lowest BCUT2D eigenvalue weighted by molar-refractivity contribution is -0.166. The zero-order chi connectivity index (χ0) is 9.90. The molecule has 1 fully saturated rings. The molecule has 2 atom stereocenters. The van der Waals surface area contributed by atoms with Crippen LogP contribution in [-0.2, 0) is 9.53 Å². The van der Waals surface area contributed by atoms with Crippen molar-refractivity contribution in [2.24, 2.45) is 0 Å². The Kier molecular flexibility index (Phi) is 3.27. The van der Waals surface area contributed by atoms with Crippen LogP contribution in [0.2, 0.25) is 0 Å². The molecule has 0 saturated carbocycles. The largest absolute Gasteiger partial charge is 0.479 e. The second-order valence-electron chi connectivity index (χ2n) is 3.63. The van der Waals surface area contributed by atoms with Gasteiger partial charge in [0.05, 0.1) is 12.2 Å². The molecule has 0 spiro atoms. The van der Waals surface area contributed by atoms with Crippen molar-refractivity contribution in [2.45, 2.75) is 44.3 Å². The van der Waals surface area contributed by atoms with Crippen LogP contribution in [0.5, 0.6) is 0 Å². The van der Waals surface area contributed by atoms with Gasteiger partial charge in [0.25, 0.3) is 0 Å². The van der Waals surface area contributed by atoms with E-state index in [0.29, 0.717) is 19.4 Å². The predicted molar refractivity (Wildman–Crippen MR) is 46.5 cm³/mol. The number of carbonyl (C=O) groups is 1. The lowest BCUT2D eigenvalue weighted by Gasteiger charge is -2.35. The van der Waals surface area contributed by atoms with Gasteiger partial charge in [0.2, 0.25) is 0 Å². The number of ether oxygens (including phenoxy) is 1. The zero-order valence-corrected chi connectivity index (χ0v) is 7.82. The lowest BCUT2D eigenvalue weighted by Crippen LogP contribution is -2.43. The first-order valence-electron chi connectivity index (χ1n) is 4.64. The van der Waals surface area contributed by atoms with E-state index in [1.54, 1.807) is 0 Å². The highest BCUT2D eigenvalue weighted by atomic mass is 16.5. The normalized spacial score (nSPS) is 34.5. The Morgan fingerprint density at radius 3 is 2.92 bits per heavy atom. The molecule has 1 heterocycles. The van der Waals surface area contributed by atoms with Gasteiger partial charge in [-0.1, -0.05) is 13.3 Å². The molecule has 1 aliphatic heterocycles.